The summed E-state index contributed by atoms with van der Waals surface area (Å²) in [7, 11) is 1.68. The molecule has 1 fully saturated rings. The van der Waals surface area contributed by atoms with Gasteiger partial charge >= 0.3 is 6.18 Å². The number of alkyl halides is 3. The molecule has 1 atom stereocenters. The third-order valence-electron chi connectivity index (χ3n) is 3.52. The van der Waals surface area contributed by atoms with Gasteiger partial charge in [-0.25, -0.2) is 0 Å². The van der Waals surface area contributed by atoms with Crippen molar-refractivity contribution in [1.29, 1.82) is 0 Å². The summed E-state index contributed by atoms with van der Waals surface area (Å²) in [6.07, 6.45) is -2.45. The Labute approximate surface area is 116 Å². The molecular formula is C14H19F3N2O. The van der Waals surface area contributed by atoms with Crippen LogP contribution in [0.2, 0.25) is 0 Å². The maximum absolute atomic E-state index is 13.1. The molecule has 1 unspecified atom stereocenters. The highest BCUT2D eigenvalue weighted by atomic mass is 19.4. The summed E-state index contributed by atoms with van der Waals surface area (Å²) < 4.78 is 44.5. The highest BCUT2D eigenvalue weighted by Crippen LogP contribution is 2.37. The molecule has 0 aliphatic carbocycles. The number of nitrogens with two attached hydrogens (primary N) is 1. The SMILES string of the molecule is CN(CC1CCCOC1)c1ccc(N)cc1C(F)(F)F. The van der Waals surface area contributed by atoms with E-state index in [2.05, 4.69) is 0 Å². The van der Waals surface area contributed by atoms with Crippen molar-refractivity contribution in [1.82, 2.24) is 0 Å². The minimum Gasteiger partial charge on any atom is -0.399 e. The van der Waals surface area contributed by atoms with Crippen molar-refractivity contribution < 1.29 is 17.9 Å². The third kappa shape index (κ3) is 3.56. The van der Waals surface area contributed by atoms with E-state index in [1.54, 1.807) is 11.9 Å². The average Bonchev–Trinajstić information content (AvgIpc) is 2.38. The first-order valence-corrected chi connectivity index (χ1v) is 6.63. The van der Waals surface area contributed by atoms with Gasteiger partial charge in [-0.05, 0) is 37.0 Å². The molecule has 1 aliphatic rings. The van der Waals surface area contributed by atoms with Gasteiger partial charge in [-0.2, -0.15) is 13.2 Å². The smallest absolute Gasteiger partial charge is 0.399 e. The van der Waals surface area contributed by atoms with Crippen LogP contribution in [0.4, 0.5) is 24.5 Å². The number of halogens is 3. The zero-order valence-corrected chi connectivity index (χ0v) is 11.4. The van der Waals surface area contributed by atoms with Crippen LogP contribution in [0, 0.1) is 5.92 Å². The minimum absolute atomic E-state index is 0.121. The Morgan fingerprint density at radius 2 is 2.15 bits per heavy atom. The molecule has 1 heterocycles. The van der Waals surface area contributed by atoms with E-state index >= 15 is 0 Å². The van der Waals surface area contributed by atoms with Gasteiger partial charge in [-0.15, -0.1) is 0 Å². The van der Waals surface area contributed by atoms with E-state index in [4.69, 9.17) is 10.5 Å². The molecule has 1 aliphatic heterocycles. The number of rotatable bonds is 3. The zero-order chi connectivity index (χ0) is 14.8. The second-order valence-corrected chi connectivity index (χ2v) is 5.24. The van der Waals surface area contributed by atoms with E-state index in [0.29, 0.717) is 13.2 Å². The fourth-order valence-electron chi connectivity index (χ4n) is 2.55. The lowest BCUT2D eigenvalue weighted by Gasteiger charge is -2.30. The second-order valence-electron chi connectivity index (χ2n) is 5.24. The lowest BCUT2D eigenvalue weighted by Crippen LogP contribution is -2.32. The van der Waals surface area contributed by atoms with E-state index in [0.717, 1.165) is 25.5 Å². The molecule has 1 aromatic rings. The van der Waals surface area contributed by atoms with Crippen molar-refractivity contribution in [3.63, 3.8) is 0 Å². The molecule has 1 aromatic carbocycles. The van der Waals surface area contributed by atoms with Gasteiger partial charge in [0.2, 0.25) is 0 Å². The van der Waals surface area contributed by atoms with E-state index in [-0.39, 0.29) is 17.3 Å². The molecule has 2 N–H and O–H groups in total. The summed E-state index contributed by atoms with van der Waals surface area (Å²) in [5.74, 6) is 0.271. The van der Waals surface area contributed by atoms with Crippen LogP contribution in [0.5, 0.6) is 0 Å². The van der Waals surface area contributed by atoms with Crippen LogP contribution < -0.4 is 10.6 Å². The van der Waals surface area contributed by atoms with Crippen LogP contribution in [0.3, 0.4) is 0 Å². The van der Waals surface area contributed by atoms with E-state index in [9.17, 15) is 13.2 Å². The fraction of sp³-hybridized carbons (Fsp3) is 0.571. The predicted octanol–water partition coefficient (Wildman–Crippen LogP) is 3.15. The Hall–Kier alpha value is -1.43. The Morgan fingerprint density at radius 3 is 2.75 bits per heavy atom. The van der Waals surface area contributed by atoms with Crippen molar-refractivity contribution in [2.45, 2.75) is 19.0 Å². The summed E-state index contributed by atoms with van der Waals surface area (Å²) in [4.78, 5) is 1.64. The number of benzene rings is 1. The van der Waals surface area contributed by atoms with E-state index in [1.807, 2.05) is 0 Å². The van der Waals surface area contributed by atoms with Gasteiger partial charge in [0.25, 0.3) is 0 Å². The normalized spacial score (nSPS) is 19.9. The number of anilines is 2. The quantitative estimate of drug-likeness (QED) is 0.868. The number of hydrogen-bond donors (Lipinski definition) is 1. The molecule has 0 radical (unpaired) electrons. The summed E-state index contributed by atoms with van der Waals surface area (Å²) in [5.41, 5.74) is 5.07. The molecule has 3 nitrogen and oxygen atoms in total. The van der Waals surface area contributed by atoms with Crippen LogP contribution in [0.1, 0.15) is 18.4 Å². The first kappa shape index (κ1) is 15.0. The first-order valence-electron chi connectivity index (χ1n) is 6.63. The fourth-order valence-corrected chi connectivity index (χ4v) is 2.55. The summed E-state index contributed by atoms with van der Waals surface area (Å²) >= 11 is 0. The number of hydrogen-bond acceptors (Lipinski definition) is 3. The first-order chi connectivity index (χ1) is 9.38. The Bertz CT molecular complexity index is 456. The highest BCUT2D eigenvalue weighted by molar-refractivity contribution is 5.60. The van der Waals surface area contributed by atoms with Crippen LogP contribution in [-0.4, -0.2) is 26.8 Å². The third-order valence-corrected chi connectivity index (χ3v) is 3.52. The molecule has 0 amide bonds. The Balaban J connectivity index is 2.18. The zero-order valence-electron chi connectivity index (χ0n) is 11.4. The standard InChI is InChI=1S/C14H19F3N2O/c1-19(8-10-3-2-6-20-9-10)13-5-4-11(18)7-12(13)14(15,16)17/h4-5,7,10H,2-3,6,8-9,18H2,1H3. The topological polar surface area (TPSA) is 38.5 Å². The highest BCUT2D eigenvalue weighted by Gasteiger charge is 2.35. The van der Waals surface area contributed by atoms with Crippen molar-refractivity contribution >= 4 is 11.4 Å². The van der Waals surface area contributed by atoms with Crippen molar-refractivity contribution in [3.8, 4) is 0 Å². The van der Waals surface area contributed by atoms with E-state index < -0.39 is 11.7 Å². The molecule has 112 valence electrons. The molecule has 0 bridgehead atoms. The molecule has 0 spiro atoms. The molecular weight excluding hydrogens is 269 g/mol. The molecule has 0 saturated carbocycles. The maximum atomic E-state index is 13.1. The van der Waals surface area contributed by atoms with Gasteiger partial charge in [-0.1, -0.05) is 0 Å². The van der Waals surface area contributed by atoms with Crippen molar-refractivity contribution in [3.05, 3.63) is 23.8 Å². The largest absolute Gasteiger partial charge is 0.418 e. The van der Waals surface area contributed by atoms with Gasteiger partial charge in [-0.3, -0.25) is 0 Å². The van der Waals surface area contributed by atoms with Gasteiger partial charge < -0.3 is 15.4 Å². The van der Waals surface area contributed by atoms with Crippen LogP contribution in [-0.2, 0) is 10.9 Å². The van der Waals surface area contributed by atoms with Crippen LogP contribution in [0.25, 0.3) is 0 Å². The number of nitrogen functional groups attached to an aromatic ring is 1. The van der Waals surface area contributed by atoms with Gasteiger partial charge in [0.1, 0.15) is 0 Å². The molecule has 0 aromatic heterocycles. The Morgan fingerprint density at radius 1 is 1.40 bits per heavy atom. The van der Waals surface area contributed by atoms with Crippen molar-refractivity contribution in [2.24, 2.45) is 5.92 Å². The van der Waals surface area contributed by atoms with Crippen LogP contribution >= 0.6 is 0 Å². The van der Waals surface area contributed by atoms with Gasteiger partial charge in [0.15, 0.2) is 0 Å². The Kier molecular flexibility index (Phi) is 4.42. The van der Waals surface area contributed by atoms with Crippen molar-refractivity contribution in [2.75, 3.05) is 37.4 Å². The summed E-state index contributed by atoms with van der Waals surface area (Å²) in [6.45, 7) is 1.91. The molecule has 6 heteroatoms. The average molecular weight is 288 g/mol. The summed E-state index contributed by atoms with van der Waals surface area (Å²) in [6, 6.07) is 3.92. The monoisotopic (exact) mass is 288 g/mol. The molecule has 2 rings (SSSR count). The lowest BCUT2D eigenvalue weighted by molar-refractivity contribution is -0.137. The lowest BCUT2D eigenvalue weighted by atomic mass is 10.0. The van der Waals surface area contributed by atoms with Crippen LogP contribution in [0.15, 0.2) is 18.2 Å². The molecule has 20 heavy (non-hydrogen) atoms. The maximum Gasteiger partial charge on any atom is 0.418 e. The van der Waals surface area contributed by atoms with Gasteiger partial charge in [0.05, 0.1) is 12.2 Å². The molecule has 1 saturated heterocycles. The minimum atomic E-state index is -4.40. The predicted molar refractivity (Wildman–Crippen MR) is 72.7 cm³/mol. The summed E-state index contributed by atoms with van der Waals surface area (Å²) in [5, 5.41) is 0. The second kappa shape index (κ2) is 5.91. The number of nitrogens with zero attached hydrogens (tertiary/aromatic N) is 1. The number of ether oxygens (including phenoxy) is 1. The van der Waals surface area contributed by atoms with E-state index in [1.165, 1.54) is 12.1 Å². The van der Waals surface area contributed by atoms with Gasteiger partial charge in [0, 0.05) is 31.6 Å².